The third kappa shape index (κ3) is 5.05. The maximum absolute atomic E-state index is 8.05. The van der Waals surface area contributed by atoms with Gasteiger partial charge in [0, 0.05) is 16.3 Å². The van der Waals surface area contributed by atoms with Gasteiger partial charge in [0.1, 0.15) is 0 Å². The minimum Gasteiger partial charge on any atom is -0.399 e. The molecule has 0 unspecified atom stereocenters. The molecule has 2 N–H and O–H groups in total. The number of nitrogens with zero attached hydrogens (tertiary/aromatic N) is 3. The average Bonchev–Trinajstić information content (AvgIpc) is 2.37. The Morgan fingerprint density at radius 1 is 0.889 bits per heavy atom. The van der Waals surface area contributed by atoms with E-state index in [1.165, 1.54) is 5.56 Å². The van der Waals surface area contributed by atoms with E-state index in [0.29, 0.717) is 5.69 Å². The molecule has 0 spiro atoms. The maximum Gasteiger partial charge on any atom is 0.0375 e. The van der Waals surface area contributed by atoms with Crippen molar-refractivity contribution >= 4 is 11.4 Å². The van der Waals surface area contributed by atoms with Gasteiger partial charge in [-0.15, -0.1) is 0 Å². The molecule has 0 bridgehead atoms. The minimum atomic E-state index is 0.660. The van der Waals surface area contributed by atoms with Crippen molar-refractivity contribution in [1.29, 1.82) is 0 Å². The van der Waals surface area contributed by atoms with E-state index >= 15 is 0 Å². The number of rotatable bonds is 1. The van der Waals surface area contributed by atoms with E-state index in [4.69, 9.17) is 11.3 Å². The molecule has 0 aromatic heterocycles. The number of nitrogens with two attached hydrogens (primary N) is 1. The Labute approximate surface area is 107 Å². The Hall–Kier alpha value is -2.45. The molecule has 4 heteroatoms. The molecule has 18 heavy (non-hydrogen) atoms. The molecule has 0 saturated heterocycles. The van der Waals surface area contributed by atoms with Crippen molar-refractivity contribution < 1.29 is 0 Å². The summed E-state index contributed by atoms with van der Waals surface area (Å²) in [4.78, 5) is 2.66. The van der Waals surface area contributed by atoms with E-state index in [1.54, 1.807) is 12.1 Å². The third-order valence-corrected chi connectivity index (χ3v) is 2.27. The summed E-state index contributed by atoms with van der Waals surface area (Å²) in [5, 5.41) is 3.43. The molecule has 0 aliphatic carbocycles. The van der Waals surface area contributed by atoms with Gasteiger partial charge in [0.15, 0.2) is 0 Å². The van der Waals surface area contributed by atoms with Crippen molar-refractivity contribution in [2.75, 3.05) is 5.73 Å². The molecule has 0 aliphatic heterocycles. The quantitative estimate of drug-likeness (QED) is 0.338. The number of anilines is 1. The lowest BCUT2D eigenvalue weighted by atomic mass is 10.2. The number of hydrogen-bond donors (Lipinski definition) is 1. The molecule has 0 heterocycles. The summed E-state index contributed by atoms with van der Waals surface area (Å²) in [5.74, 6) is 0. The van der Waals surface area contributed by atoms with Gasteiger partial charge in [-0.05, 0) is 31.5 Å². The number of hydrogen-bond acceptors (Lipinski definition) is 2. The standard InChI is InChI=1S/C7H7N3.C7H9N/c1-6-2-4-7(5-3-6)9-10-8;1-6-2-4-7(8)5-3-6/h2-5H,1H3;2-5H,8H2,1H3. The molecule has 0 amide bonds. The van der Waals surface area contributed by atoms with Crippen LogP contribution in [0.15, 0.2) is 53.6 Å². The lowest BCUT2D eigenvalue weighted by molar-refractivity contribution is 1.42. The topological polar surface area (TPSA) is 74.8 Å². The van der Waals surface area contributed by atoms with E-state index < -0.39 is 0 Å². The predicted molar refractivity (Wildman–Crippen MR) is 75.6 cm³/mol. The van der Waals surface area contributed by atoms with Crippen molar-refractivity contribution in [3.05, 3.63) is 70.1 Å². The molecule has 0 fully saturated rings. The first-order valence-corrected chi connectivity index (χ1v) is 5.56. The number of aryl methyl sites for hydroxylation is 2. The van der Waals surface area contributed by atoms with E-state index in [-0.39, 0.29) is 0 Å². The van der Waals surface area contributed by atoms with E-state index in [0.717, 1.165) is 11.3 Å². The molecule has 0 aliphatic rings. The second kappa shape index (κ2) is 6.99. The Kier molecular flexibility index (Phi) is 5.29. The van der Waals surface area contributed by atoms with Gasteiger partial charge in [0.25, 0.3) is 0 Å². The summed E-state index contributed by atoms with van der Waals surface area (Å²) in [7, 11) is 0. The monoisotopic (exact) mass is 240 g/mol. The van der Waals surface area contributed by atoms with Crippen LogP contribution >= 0.6 is 0 Å². The van der Waals surface area contributed by atoms with Crippen molar-refractivity contribution in [2.45, 2.75) is 13.8 Å². The fourth-order valence-electron chi connectivity index (χ4n) is 1.23. The number of benzene rings is 2. The Balaban J connectivity index is 0.000000184. The van der Waals surface area contributed by atoms with Crippen molar-refractivity contribution in [3.63, 3.8) is 0 Å². The van der Waals surface area contributed by atoms with E-state index in [9.17, 15) is 0 Å². The van der Waals surface area contributed by atoms with Crippen molar-refractivity contribution in [2.24, 2.45) is 5.11 Å². The Bertz CT molecular complexity index is 502. The average molecular weight is 240 g/mol. The summed E-state index contributed by atoms with van der Waals surface area (Å²) in [5.41, 5.74) is 17.4. The first kappa shape index (κ1) is 13.6. The summed E-state index contributed by atoms with van der Waals surface area (Å²) in [6.07, 6.45) is 0. The Morgan fingerprint density at radius 3 is 1.72 bits per heavy atom. The fraction of sp³-hybridized carbons (Fsp3) is 0.143. The van der Waals surface area contributed by atoms with Crippen LogP contribution in [0, 0.1) is 13.8 Å². The van der Waals surface area contributed by atoms with Crippen LogP contribution in [0.25, 0.3) is 10.4 Å². The minimum absolute atomic E-state index is 0.660. The lowest BCUT2D eigenvalue weighted by Crippen LogP contribution is -1.81. The van der Waals surface area contributed by atoms with E-state index in [2.05, 4.69) is 10.0 Å². The van der Waals surface area contributed by atoms with Gasteiger partial charge in [-0.2, -0.15) is 0 Å². The van der Waals surface area contributed by atoms with Gasteiger partial charge < -0.3 is 5.73 Å². The first-order chi connectivity index (χ1) is 8.61. The van der Waals surface area contributed by atoms with Crippen molar-refractivity contribution in [3.8, 4) is 0 Å². The third-order valence-electron chi connectivity index (χ3n) is 2.27. The second-order valence-corrected chi connectivity index (χ2v) is 3.94. The van der Waals surface area contributed by atoms with Gasteiger partial charge in [-0.3, -0.25) is 0 Å². The van der Waals surface area contributed by atoms with Gasteiger partial charge >= 0.3 is 0 Å². The zero-order valence-electron chi connectivity index (χ0n) is 10.5. The second-order valence-electron chi connectivity index (χ2n) is 3.94. The van der Waals surface area contributed by atoms with Gasteiger partial charge in [0.2, 0.25) is 0 Å². The highest BCUT2D eigenvalue weighted by atomic mass is 15.1. The molecule has 92 valence electrons. The molecule has 4 nitrogen and oxygen atoms in total. The fourth-order valence-corrected chi connectivity index (χ4v) is 1.23. The highest BCUT2D eigenvalue weighted by Crippen LogP contribution is 2.11. The molecule has 0 atom stereocenters. The van der Waals surface area contributed by atoms with Crippen LogP contribution in [0.4, 0.5) is 11.4 Å². The zero-order chi connectivity index (χ0) is 13.4. The molecule has 2 rings (SSSR count). The van der Waals surface area contributed by atoms with Crippen LogP contribution in [0.2, 0.25) is 0 Å². The van der Waals surface area contributed by atoms with Crippen LogP contribution in [-0.4, -0.2) is 0 Å². The molecule has 2 aromatic carbocycles. The summed E-state index contributed by atoms with van der Waals surface area (Å²) in [6.45, 7) is 4.03. The summed E-state index contributed by atoms with van der Waals surface area (Å²) >= 11 is 0. The smallest absolute Gasteiger partial charge is 0.0375 e. The summed E-state index contributed by atoms with van der Waals surface area (Å²) in [6, 6.07) is 15.2. The molecule has 0 radical (unpaired) electrons. The highest BCUT2D eigenvalue weighted by molar-refractivity contribution is 5.39. The van der Waals surface area contributed by atoms with Crippen molar-refractivity contribution in [1.82, 2.24) is 0 Å². The van der Waals surface area contributed by atoms with Crippen LogP contribution in [-0.2, 0) is 0 Å². The van der Waals surface area contributed by atoms with Gasteiger partial charge in [-0.25, -0.2) is 0 Å². The van der Waals surface area contributed by atoms with Crippen LogP contribution in [0.5, 0.6) is 0 Å². The maximum atomic E-state index is 8.05. The van der Waals surface area contributed by atoms with Gasteiger partial charge in [0.05, 0.1) is 0 Å². The Morgan fingerprint density at radius 2 is 1.33 bits per heavy atom. The van der Waals surface area contributed by atoms with Crippen LogP contribution in [0.3, 0.4) is 0 Å². The lowest BCUT2D eigenvalue weighted by Gasteiger charge is -1.90. The van der Waals surface area contributed by atoms with Crippen LogP contribution in [0.1, 0.15) is 11.1 Å². The summed E-state index contributed by atoms with van der Waals surface area (Å²) < 4.78 is 0. The largest absolute Gasteiger partial charge is 0.399 e. The number of nitrogen functional groups attached to an aromatic ring is 1. The highest BCUT2D eigenvalue weighted by Gasteiger charge is 1.84. The molecule has 0 saturated carbocycles. The normalized spacial score (nSPS) is 8.78. The molecular weight excluding hydrogens is 224 g/mol. The van der Waals surface area contributed by atoms with E-state index in [1.807, 2.05) is 50.2 Å². The number of azide groups is 1. The van der Waals surface area contributed by atoms with Crippen LogP contribution < -0.4 is 5.73 Å². The predicted octanol–water partition coefficient (Wildman–Crippen LogP) is 4.51. The zero-order valence-corrected chi connectivity index (χ0v) is 10.5. The SMILES string of the molecule is Cc1ccc(N)cc1.Cc1ccc(N=[N+]=[N-])cc1. The van der Waals surface area contributed by atoms with Gasteiger partial charge in [-0.1, -0.05) is 52.6 Å². The molecule has 2 aromatic rings. The first-order valence-electron chi connectivity index (χ1n) is 5.56. The molecular formula is C14H16N4.